The minimum Gasteiger partial charge on any atom is -0.338 e. The van der Waals surface area contributed by atoms with E-state index in [0.717, 1.165) is 11.1 Å². The first-order valence-electron chi connectivity index (χ1n) is 6.75. The Hall–Kier alpha value is -3.28. The van der Waals surface area contributed by atoms with E-state index in [1.807, 2.05) is 30.3 Å². The minimum atomic E-state index is -0.0952. The average Bonchev–Trinajstić information content (AvgIpc) is 2.97. The van der Waals surface area contributed by atoms with Gasteiger partial charge in [-0.15, -0.1) is 0 Å². The Morgan fingerprint density at radius 1 is 1.14 bits per heavy atom. The van der Waals surface area contributed by atoms with Gasteiger partial charge >= 0.3 is 0 Å². The maximum absolute atomic E-state index is 12.4. The number of fused-ring (bicyclic) bond motifs is 2. The normalized spacial score (nSPS) is 11.6. The molecule has 0 spiro atoms. The van der Waals surface area contributed by atoms with Crippen LogP contribution in [0.3, 0.4) is 0 Å². The van der Waals surface area contributed by atoms with Gasteiger partial charge in [-0.1, -0.05) is 12.1 Å². The minimum absolute atomic E-state index is 0.0952. The van der Waals surface area contributed by atoms with Crippen LogP contribution in [0.4, 0.5) is 0 Å². The molecule has 0 aliphatic heterocycles. The lowest BCUT2D eigenvalue weighted by atomic mass is 10.2. The van der Waals surface area contributed by atoms with Gasteiger partial charge in [-0.05, 0) is 29.8 Å². The second-order valence-corrected chi connectivity index (χ2v) is 4.81. The smallest absolute Gasteiger partial charge is 0.217 e. The van der Waals surface area contributed by atoms with E-state index in [1.54, 1.807) is 29.4 Å². The van der Waals surface area contributed by atoms with Gasteiger partial charge in [0.25, 0.3) is 0 Å². The molecule has 6 nitrogen and oxygen atoms in total. The summed E-state index contributed by atoms with van der Waals surface area (Å²) in [7, 11) is 0. The van der Waals surface area contributed by atoms with Crippen molar-refractivity contribution in [1.82, 2.24) is 19.6 Å². The molecule has 3 aromatic heterocycles. The third-order valence-electron chi connectivity index (χ3n) is 3.43. The van der Waals surface area contributed by atoms with E-state index < -0.39 is 0 Å². The number of rotatable bonds is 2. The van der Waals surface area contributed by atoms with Gasteiger partial charge in [0, 0.05) is 17.8 Å². The standard InChI is InChI=1S/C16H11N5O/c22-15-12-3-1-2-4-13(12)20-16-14(15)18-10-21(16)19-9-11-5-7-17-8-6-11/h1-10H,(H,20,22). The number of benzene rings is 1. The van der Waals surface area contributed by atoms with E-state index in [0.29, 0.717) is 16.6 Å². The molecule has 3 heterocycles. The molecule has 0 aliphatic rings. The Bertz CT molecular complexity index is 1050. The van der Waals surface area contributed by atoms with E-state index in [9.17, 15) is 4.79 Å². The largest absolute Gasteiger partial charge is 0.338 e. The van der Waals surface area contributed by atoms with Gasteiger partial charge in [-0.25, -0.2) is 9.66 Å². The average molecular weight is 289 g/mol. The van der Waals surface area contributed by atoms with E-state index in [4.69, 9.17) is 0 Å². The fraction of sp³-hybridized carbons (Fsp3) is 0. The molecule has 1 N–H and O–H groups in total. The van der Waals surface area contributed by atoms with E-state index in [1.165, 1.54) is 6.33 Å². The van der Waals surface area contributed by atoms with E-state index >= 15 is 0 Å². The Balaban J connectivity index is 1.89. The summed E-state index contributed by atoms with van der Waals surface area (Å²) >= 11 is 0. The molecule has 4 aromatic rings. The SMILES string of the molecule is O=c1c2ccccc2[nH]c2c1ncn2N=Cc1ccncc1. The molecule has 6 heteroatoms. The quantitative estimate of drug-likeness (QED) is 0.574. The first kappa shape index (κ1) is 12.5. The van der Waals surface area contributed by atoms with Gasteiger partial charge < -0.3 is 4.98 Å². The lowest BCUT2D eigenvalue weighted by Gasteiger charge is -2.00. The highest BCUT2D eigenvalue weighted by Gasteiger charge is 2.09. The lowest BCUT2D eigenvalue weighted by molar-refractivity contribution is 0.902. The Morgan fingerprint density at radius 3 is 2.82 bits per heavy atom. The molecule has 0 aliphatic carbocycles. The molecular formula is C16H11N5O. The first-order valence-corrected chi connectivity index (χ1v) is 6.75. The highest BCUT2D eigenvalue weighted by atomic mass is 16.1. The summed E-state index contributed by atoms with van der Waals surface area (Å²) in [5, 5.41) is 4.97. The second-order valence-electron chi connectivity index (χ2n) is 4.81. The van der Waals surface area contributed by atoms with Gasteiger partial charge in [0.2, 0.25) is 5.43 Å². The number of aromatic amines is 1. The number of imidazole rings is 1. The number of H-pyrrole nitrogens is 1. The summed E-state index contributed by atoms with van der Waals surface area (Å²) < 4.78 is 1.56. The molecule has 0 amide bonds. The van der Waals surface area contributed by atoms with Crippen molar-refractivity contribution in [2.24, 2.45) is 5.10 Å². The highest BCUT2D eigenvalue weighted by molar-refractivity contribution is 5.89. The van der Waals surface area contributed by atoms with Crippen LogP contribution in [-0.4, -0.2) is 25.8 Å². The van der Waals surface area contributed by atoms with E-state index in [-0.39, 0.29) is 5.43 Å². The van der Waals surface area contributed by atoms with Gasteiger partial charge in [0.15, 0.2) is 11.2 Å². The van der Waals surface area contributed by atoms with Crippen molar-refractivity contribution >= 4 is 28.3 Å². The van der Waals surface area contributed by atoms with Crippen molar-refractivity contribution in [3.05, 3.63) is 70.9 Å². The van der Waals surface area contributed by atoms with Crippen molar-refractivity contribution in [2.75, 3.05) is 0 Å². The van der Waals surface area contributed by atoms with Crippen molar-refractivity contribution in [1.29, 1.82) is 0 Å². The monoisotopic (exact) mass is 289 g/mol. The van der Waals surface area contributed by atoms with Crippen LogP contribution in [0.2, 0.25) is 0 Å². The summed E-state index contributed by atoms with van der Waals surface area (Å²) in [4.78, 5) is 23.8. The first-order chi connectivity index (χ1) is 10.8. The zero-order valence-corrected chi connectivity index (χ0v) is 11.5. The molecule has 0 fully saturated rings. The number of nitrogens with one attached hydrogen (secondary N) is 1. The summed E-state index contributed by atoms with van der Waals surface area (Å²) in [6.07, 6.45) is 6.61. The van der Waals surface area contributed by atoms with Crippen LogP contribution >= 0.6 is 0 Å². The summed E-state index contributed by atoms with van der Waals surface area (Å²) in [6.45, 7) is 0. The molecule has 0 saturated carbocycles. The molecule has 22 heavy (non-hydrogen) atoms. The van der Waals surface area contributed by atoms with Gasteiger partial charge in [-0.2, -0.15) is 5.10 Å². The van der Waals surface area contributed by atoms with Crippen molar-refractivity contribution in [3.8, 4) is 0 Å². The van der Waals surface area contributed by atoms with Crippen LogP contribution in [0.5, 0.6) is 0 Å². The Labute approximate surface area is 124 Å². The van der Waals surface area contributed by atoms with Crippen LogP contribution in [-0.2, 0) is 0 Å². The van der Waals surface area contributed by atoms with Crippen LogP contribution in [0.15, 0.2) is 65.0 Å². The van der Waals surface area contributed by atoms with Crippen LogP contribution in [0.1, 0.15) is 5.56 Å². The predicted octanol–water partition coefficient (Wildman–Crippen LogP) is 2.16. The molecule has 106 valence electrons. The van der Waals surface area contributed by atoms with Gasteiger partial charge in [0.1, 0.15) is 6.33 Å². The lowest BCUT2D eigenvalue weighted by Crippen LogP contribution is -2.04. The van der Waals surface area contributed by atoms with Gasteiger partial charge in [-0.3, -0.25) is 9.78 Å². The summed E-state index contributed by atoms with van der Waals surface area (Å²) in [5.41, 5.74) is 2.54. The third-order valence-corrected chi connectivity index (χ3v) is 3.43. The van der Waals surface area contributed by atoms with Crippen LogP contribution in [0.25, 0.3) is 22.1 Å². The molecule has 0 atom stereocenters. The molecular weight excluding hydrogens is 278 g/mol. The number of hydrogen-bond acceptors (Lipinski definition) is 4. The van der Waals surface area contributed by atoms with Crippen molar-refractivity contribution in [2.45, 2.75) is 0 Å². The van der Waals surface area contributed by atoms with E-state index in [2.05, 4.69) is 20.1 Å². The number of para-hydroxylation sites is 1. The zero-order chi connectivity index (χ0) is 14.9. The summed E-state index contributed by atoms with van der Waals surface area (Å²) in [6, 6.07) is 11.1. The van der Waals surface area contributed by atoms with Crippen LogP contribution in [0, 0.1) is 0 Å². The third kappa shape index (κ3) is 1.98. The molecule has 0 saturated heterocycles. The summed E-state index contributed by atoms with van der Waals surface area (Å²) in [5.74, 6) is 0. The molecule has 0 unspecified atom stereocenters. The van der Waals surface area contributed by atoms with Crippen molar-refractivity contribution in [3.63, 3.8) is 0 Å². The topological polar surface area (TPSA) is 75.9 Å². The molecule has 0 radical (unpaired) electrons. The number of nitrogens with zero attached hydrogens (tertiary/aromatic N) is 4. The number of aromatic nitrogens is 4. The molecule has 0 bridgehead atoms. The fourth-order valence-electron chi connectivity index (χ4n) is 2.33. The fourth-order valence-corrected chi connectivity index (χ4v) is 2.33. The second kappa shape index (κ2) is 4.92. The molecule has 4 rings (SSSR count). The number of hydrogen-bond donors (Lipinski definition) is 1. The van der Waals surface area contributed by atoms with Gasteiger partial charge in [0.05, 0.1) is 11.7 Å². The van der Waals surface area contributed by atoms with Crippen LogP contribution < -0.4 is 5.43 Å². The van der Waals surface area contributed by atoms with Crippen molar-refractivity contribution < 1.29 is 0 Å². The Kier molecular flexibility index (Phi) is 2.79. The maximum atomic E-state index is 12.4. The Morgan fingerprint density at radius 2 is 1.95 bits per heavy atom. The number of pyridine rings is 2. The zero-order valence-electron chi connectivity index (χ0n) is 11.5. The highest BCUT2D eigenvalue weighted by Crippen LogP contribution is 2.13. The maximum Gasteiger partial charge on any atom is 0.217 e. The molecule has 1 aromatic carbocycles. The predicted molar refractivity (Wildman–Crippen MR) is 85.1 cm³/mol.